The summed E-state index contributed by atoms with van der Waals surface area (Å²) in [6.45, 7) is 6.91. The Hall–Kier alpha value is -0.940. The summed E-state index contributed by atoms with van der Waals surface area (Å²) in [5.74, 6) is 0.908. The number of unbranched alkanes of at least 4 members (excludes halogenated alkanes) is 1. The smallest absolute Gasteiger partial charge is 0.150 e. The topological polar surface area (TPSA) is 43.2 Å². The van der Waals surface area contributed by atoms with Crippen molar-refractivity contribution in [2.24, 2.45) is 0 Å². The molecular weight excluding hydrogens is 252 g/mol. The second kappa shape index (κ2) is 7.74. The van der Waals surface area contributed by atoms with Crippen LogP contribution in [0.25, 0.3) is 0 Å². The quantitative estimate of drug-likeness (QED) is 0.731. The average molecular weight is 280 g/mol. The van der Waals surface area contributed by atoms with Gasteiger partial charge in [0.15, 0.2) is 0 Å². The fourth-order valence-corrected chi connectivity index (χ4v) is 2.84. The van der Waals surface area contributed by atoms with Gasteiger partial charge in [-0.2, -0.15) is 5.10 Å². The van der Waals surface area contributed by atoms with Crippen molar-refractivity contribution in [2.45, 2.75) is 64.6 Å². The highest BCUT2D eigenvalue weighted by molar-refractivity contribution is 4.84. The monoisotopic (exact) mass is 280 g/mol. The number of likely N-dealkylation sites (N-methyl/N-ethyl adjacent to an activating group) is 1. The van der Waals surface area contributed by atoms with Gasteiger partial charge in [-0.15, -0.1) is 0 Å². The van der Waals surface area contributed by atoms with Crippen LogP contribution in [0, 0.1) is 0 Å². The van der Waals surface area contributed by atoms with Gasteiger partial charge in [-0.3, -0.25) is 4.68 Å². The summed E-state index contributed by atoms with van der Waals surface area (Å²) in [5, 5.41) is 4.38. The summed E-state index contributed by atoms with van der Waals surface area (Å²) in [4.78, 5) is 6.68. The molecule has 1 saturated heterocycles. The molecule has 1 aromatic heterocycles. The van der Waals surface area contributed by atoms with Crippen molar-refractivity contribution in [2.75, 3.05) is 20.2 Å². The van der Waals surface area contributed by atoms with E-state index >= 15 is 0 Å². The van der Waals surface area contributed by atoms with E-state index in [-0.39, 0.29) is 0 Å². The van der Waals surface area contributed by atoms with E-state index in [1.807, 2.05) is 4.68 Å². The van der Waals surface area contributed by atoms with Crippen LogP contribution in [0.3, 0.4) is 0 Å². The van der Waals surface area contributed by atoms with E-state index in [1.54, 1.807) is 6.33 Å². The molecule has 2 unspecified atom stereocenters. The highest BCUT2D eigenvalue weighted by Gasteiger charge is 2.29. The Morgan fingerprint density at radius 1 is 1.40 bits per heavy atom. The number of aryl methyl sites for hydroxylation is 1. The van der Waals surface area contributed by atoms with Crippen molar-refractivity contribution in [1.29, 1.82) is 0 Å². The first kappa shape index (κ1) is 15.4. The SMILES string of the molecule is CCCCC1CC(OCCn2cnc(CC)n2)CN1C. The molecule has 5 nitrogen and oxygen atoms in total. The summed E-state index contributed by atoms with van der Waals surface area (Å²) < 4.78 is 7.88. The van der Waals surface area contributed by atoms with Crippen molar-refractivity contribution in [3.8, 4) is 0 Å². The molecule has 1 aliphatic heterocycles. The summed E-state index contributed by atoms with van der Waals surface area (Å²) >= 11 is 0. The lowest BCUT2D eigenvalue weighted by Crippen LogP contribution is -2.25. The Balaban J connectivity index is 1.67. The molecule has 0 amide bonds. The van der Waals surface area contributed by atoms with E-state index in [4.69, 9.17) is 4.74 Å². The summed E-state index contributed by atoms with van der Waals surface area (Å²) in [6.07, 6.45) is 8.15. The molecular formula is C15H28N4O. The number of likely N-dealkylation sites (tertiary alicyclic amines) is 1. The van der Waals surface area contributed by atoms with E-state index in [2.05, 4.69) is 35.9 Å². The van der Waals surface area contributed by atoms with E-state index in [1.165, 1.54) is 25.7 Å². The third-order valence-electron chi connectivity index (χ3n) is 4.11. The second-order valence-corrected chi connectivity index (χ2v) is 5.74. The lowest BCUT2D eigenvalue weighted by atomic mass is 10.1. The summed E-state index contributed by atoms with van der Waals surface area (Å²) in [6, 6.07) is 0.706. The number of aromatic nitrogens is 3. The van der Waals surface area contributed by atoms with Crippen molar-refractivity contribution < 1.29 is 4.74 Å². The molecule has 1 aromatic rings. The maximum atomic E-state index is 6.00. The number of rotatable bonds is 8. The van der Waals surface area contributed by atoms with Crippen LogP contribution in [0.5, 0.6) is 0 Å². The van der Waals surface area contributed by atoms with Crippen LogP contribution >= 0.6 is 0 Å². The molecule has 2 atom stereocenters. The Kier molecular flexibility index (Phi) is 5.98. The number of hydrogen-bond acceptors (Lipinski definition) is 4. The van der Waals surface area contributed by atoms with Gasteiger partial charge >= 0.3 is 0 Å². The summed E-state index contributed by atoms with van der Waals surface area (Å²) in [5.41, 5.74) is 0. The van der Waals surface area contributed by atoms with Crippen LogP contribution < -0.4 is 0 Å². The molecule has 20 heavy (non-hydrogen) atoms. The zero-order valence-corrected chi connectivity index (χ0v) is 13.1. The van der Waals surface area contributed by atoms with E-state index in [0.29, 0.717) is 12.1 Å². The van der Waals surface area contributed by atoms with Gasteiger partial charge in [-0.1, -0.05) is 26.7 Å². The van der Waals surface area contributed by atoms with Crippen LogP contribution in [0.4, 0.5) is 0 Å². The lowest BCUT2D eigenvalue weighted by molar-refractivity contribution is 0.0536. The number of nitrogens with zero attached hydrogens (tertiary/aromatic N) is 4. The van der Waals surface area contributed by atoms with Crippen molar-refractivity contribution in [1.82, 2.24) is 19.7 Å². The molecule has 2 rings (SSSR count). The molecule has 2 heterocycles. The van der Waals surface area contributed by atoms with Gasteiger partial charge in [0, 0.05) is 19.0 Å². The third-order valence-corrected chi connectivity index (χ3v) is 4.11. The molecule has 0 saturated carbocycles. The Morgan fingerprint density at radius 2 is 2.25 bits per heavy atom. The minimum Gasteiger partial charge on any atom is -0.375 e. The zero-order valence-electron chi connectivity index (χ0n) is 13.1. The van der Waals surface area contributed by atoms with E-state index in [9.17, 15) is 0 Å². The predicted octanol–water partition coefficient (Wildman–Crippen LogP) is 2.12. The van der Waals surface area contributed by atoms with Gasteiger partial charge in [-0.25, -0.2) is 4.98 Å². The fraction of sp³-hybridized carbons (Fsp3) is 0.867. The maximum absolute atomic E-state index is 6.00. The van der Waals surface area contributed by atoms with Gasteiger partial charge in [0.2, 0.25) is 0 Å². The molecule has 0 aromatic carbocycles. The second-order valence-electron chi connectivity index (χ2n) is 5.74. The molecule has 0 spiro atoms. The van der Waals surface area contributed by atoms with E-state index in [0.717, 1.165) is 31.9 Å². The molecule has 0 aliphatic carbocycles. The number of hydrogen-bond donors (Lipinski definition) is 0. The Labute approximate surface area is 122 Å². The standard InChI is InChI=1S/C15H28N4O/c1-4-6-7-13-10-14(11-18(13)3)20-9-8-19-12-16-15(5-2)17-19/h12-14H,4-11H2,1-3H3. The lowest BCUT2D eigenvalue weighted by Gasteiger charge is -2.17. The molecule has 1 aliphatic rings. The molecule has 1 fully saturated rings. The predicted molar refractivity (Wildman–Crippen MR) is 79.7 cm³/mol. The van der Waals surface area contributed by atoms with E-state index < -0.39 is 0 Å². The van der Waals surface area contributed by atoms with Crippen molar-refractivity contribution >= 4 is 0 Å². The van der Waals surface area contributed by atoms with Crippen LogP contribution in [-0.4, -0.2) is 52.0 Å². The number of ether oxygens (including phenoxy) is 1. The summed E-state index contributed by atoms with van der Waals surface area (Å²) in [7, 11) is 2.22. The van der Waals surface area contributed by atoms with Crippen LogP contribution in [-0.2, 0) is 17.7 Å². The zero-order chi connectivity index (χ0) is 14.4. The van der Waals surface area contributed by atoms with Gasteiger partial charge < -0.3 is 9.64 Å². The minimum absolute atomic E-state index is 0.385. The molecule has 0 bridgehead atoms. The van der Waals surface area contributed by atoms with Gasteiger partial charge in [0.25, 0.3) is 0 Å². The highest BCUT2D eigenvalue weighted by atomic mass is 16.5. The fourth-order valence-electron chi connectivity index (χ4n) is 2.84. The average Bonchev–Trinajstić information content (AvgIpc) is 3.03. The normalized spacial score (nSPS) is 23.6. The van der Waals surface area contributed by atoms with Gasteiger partial charge in [-0.05, 0) is 19.9 Å². The molecule has 114 valence electrons. The van der Waals surface area contributed by atoms with Crippen molar-refractivity contribution in [3.63, 3.8) is 0 Å². The molecule has 5 heteroatoms. The minimum atomic E-state index is 0.385. The Bertz CT molecular complexity index is 393. The largest absolute Gasteiger partial charge is 0.375 e. The maximum Gasteiger partial charge on any atom is 0.150 e. The first-order chi connectivity index (χ1) is 9.72. The van der Waals surface area contributed by atoms with Crippen molar-refractivity contribution in [3.05, 3.63) is 12.2 Å². The van der Waals surface area contributed by atoms with Gasteiger partial charge in [0.1, 0.15) is 12.2 Å². The first-order valence-electron chi connectivity index (χ1n) is 7.93. The molecule has 0 radical (unpaired) electrons. The third kappa shape index (κ3) is 4.28. The Morgan fingerprint density at radius 3 is 2.95 bits per heavy atom. The molecule has 0 N–H and O–H groups in total. The first-order valence-corrected chi connectivity index (χ1v) is 7.93. The van der Waals surface area contributed by atoms with Gasteiger partial charge in [0.05, 0.1) is 19.3 Å². The highest BCUT2D eigenvalue weighted by Crippen LogP contribution is 2.22. The van der Waals surface area contributed by atoms with Crippen LogP contribution in [0.1, 0.15) is 45.4 Å². The van der Waals surface area contributed by atoms with Crippen LogP contribution in [0.2, 0.25) is 0 Å². The van der Waals surface area contributed by atoms with Crippen LogP contribution in [0.15, 0.2) is 6.33 Å².